The normalized spacial score (nSPS) is 10.5. The highest BCUT2D eigenvalue weighted by Crippen LogP contribution is 2.38. The van der Waals surface area contributed by atoms with Gasteiger partial charge in [-0.15, -0.1) is 11.3 Å². The van der Waals surface area contributed by atoms with Gasteiger partial charge in [-0.3, -0.25) is 4.79 Å². The van der Waals surface area contributed by atoms with E-state index in [1.54, 1.807) is 6.08 Å². The van der Waals surface area contributed by atoms with Crippen molar-refractivity contribution in [3.63, 3.8) is 0 Å². The molecule has 2 rings (SSSR count). The maximum absolute atomic E-state index is 12.3. The quantitative estimate of drug-likeness (QED) is 0.408. The van der Waals surface area contributed by atoms with Gasteiger partial charge in [-0.05, 0) is 29.7 Å². The minimum absolute atomic E-state index is 0.296. The number of hydrogen-bond acceptors (Lipinski definition) is 7. The lowest BCUT2D eigenvalue weighted by molar-refractivity contribution is -0.136. The van der Waals surface area contributed by atoms with Gasteiger partial charge < -0.3 is 18.9 Å². The third-order valence-corrected chi connectivity index (χ3v) is 4.10. The summed E-state index contributed by atoms with van der Waals surface area (Å²) in [5.41, 5.74) is 0.296. The molecular weight excluding hydrogens is 344 g/mol. The highest BCUT2D eigenvalue weighted by Gasteiger charge is 2.17. The Kier molecular flexibility index (Phi) is 6.59. The van der Waals surface area contributed by atoms with Crippen molar-refractivity contribution in [2.24, 2.45) is 0 Å². The van der Waals surface area contributed by atoms with Gasteiger partial charge in [-0.25, -0.2) is 4.79 Å². The Hall–Kier alpha value is -2.80. The number of hydrogen-bond donors (Lipinski definition) is 0. The number of carbonyl (C=O) groups is 2. The van der Waals surface area contributed by atoms with Crippen molar-refractivity contribution in [3.8, 4) is 17.2 Å². The molecule has 0 spiro atoms. The zero-order chi connectivity index (χ0) is 18.2. The van der Waals surface area contributed by atoms with E-state index in [4.69, 9.17) is 18.9 Å². The van der Waals surface area contributed by atoms with Crippen LogP contribution in [0.4, 0.5) is 0 Å². The average Bonchev–Trinajstić information content (AvgIpc) is 3.16. The van der Waals surface area contributed by atoms with Gasteiger partial charge in [0.15, 0.2) is 18.1 Å². The molecule has 1 heterocycles. The van der Waals surface area contributed by atoms with Gasteiger partial charge in [0.05, 0.1) is 21.3 Å². The van der Waals surface area contributed by atoms with Gasteiger partial charge in [-0.2, -0.15) is 0 Å². The minimum atomic E-state index is -0.589. The fourth-order valence-corrected chi connectivity index (χ4v) is 2.66. The van der Waals surface area contributed by atoms with Crippen LogP contribution in [0.3, 0.4) is 0 Å². The van der Waals surface area contributed by atoms with E-state index in [1.165, 1.54) is 50.9 Å². The van der Waals surface area contributed by atoms with E-state index in [0.717, 1.165) is 4.88 Å². The topological polar surface area (TPSA) is 71.1 Å². The zero-order valence-corrected chi connectivity index (χ0v) is 14.9. The van der Waals surface area contributed by atoms with Crippen LogP contribution in [-0.2, 0) is 9.53 Å². The van der Waals surface area contributed by atoms with Crippen molar-refractivity contribution in [2.45, 2.75) is 0 Å². The molecule has 0 radical (unpaired) electrons. The van der Waals surface area contributed by atoms with Gasteiger partial charge >= 0.3 is 5.97 Å². The summed E-state index contributed by atoms with van der Waals surface area (Å²) in [5, 5.41) is 1.90. The highest BCUT2D eigenvalue weighted by atomic mass is 32.1. The molecule has 1 aromatic heterocycles. The number of ketones is 1. The molecule has 0 atom stereocenters. The molecule has 0 aliphatic rings. The molecule has 0 unspecified atom stereocenters. The van der Waals surface area contributed by atoms with Crippen LogP contribution in [0.1, 0.15) is 15.2 Å². The summed E-state index contributed by atoms with van der Waals surface area (Å²) in [6.07, 6.45) is 2.92. The molecule has 0 bridgehead atoms. The second-order valence-corrected chi connectivity index (χ2v) is 5.77. The van der Waals surface area contributed by atoms with Crippen LogP contribution < -0.4 is 14.2 Å². The summed E-state index contributed by atoms with van der Waals surface area (Å²) in [4.78, 5) is 24.9. The van der Waals surface area contributed by atoms with E-state index in [2.05, 4.69) is 0 Å². The first-order chi connectivity index (χ1) is 12.1. The monoisotopic (exact) mass is 362 g/mol. The largest absolute Gasteiger partial charge is 0.493 e. The second kappa shape index (κ2) is 8.89. The van der Waals surface area contributed by atoms with Crippen LogP contribution >= 0.6 is 11.3 Å². The lowest BCUT2D eigenvalue weighted by Gasteiger charge is -2.13. The standard InChI is InChI=1S/C18H18O6S/c1-21-15-9-12(10-16(22-2)18(15)23-3)14(19)11-24-17(20)7-6-13-5-4-8-25-13/h4-10H,11H2,1-3H3. The molecule has 132 valence electrons. The zero-order valence-electron chi connectivity index (χ0n) is 14.1. The van der Waals surface area contributed by atoms with E-state index >= 15 is 0 Å². The Bertz CT molecular complexity index is 739. The van der Waals surface area contributed by atoms with E-state index in [-0.39, 0.29) is 12.4 Å². The molecule has 0 N–H and O–H groups in total. The van der Waals surface area contributed by atoms with Crippen molar-refractivity contribution < 1.29 is 28.5 Å². The lowest BCUT2D eigenvalue weighted by atomic mass is 10.1. The van der Waals surface area contributed by atoms with Gasteiger partial charge in [-0.1, -0.05) is 6.07 Å². The van der Waals surface area contributed by atoms with Gasteiger partial charge in [0.1, 0.15) is 0 Å². The molecule has 0 amide bonds. The SMILES string of the molecule is COc1cc(C(=O)COC(=O)C=Cc2cccs2)cc(OC)c1OC. The highest BCUT2D eigenvalue weighted by molar-refractivity contribution is 7.10. The fraction of sp³-hybridized carbons (Fsp3) is 0.222. The molecular formula is C18H18O6S. The third kappa shape index (κ3) is 4.84. The second-order valence-electron chi connectivity index (χ2n) is 4.79. The summed E-state index contributed by atoms with van der Waals surface area (Å²) in [5.74, 6) is 0.131. The molecule has 0 saturated heterocycles. The number of ether oxygens (including phenoxy) is 4. The van der Waals surface area contributed by atoms with E-state index in [9.17, 15) is 9.59 Å². The van der Waals surface area contributed by atoms with E-state index in [0.29, 0.717) is 22.8 Å². The van der Waals surface area contributed by atoms with Crippen molar-refractivity contribution in [3.05, 3.63) is 46.2 Å². The molecule has 1 aromatic carbocycles. The van der Waals surface area contributed by atoms with Crippen LogP contribution in [0.2, 0.25) is 0 Å². The Morgan fingerprint density at radius 2 is 1.76 bits per heavy atom. The number of benzene rings is 1. The first kappa shape index (κ1) is 18.5. The Labute approximate surface area is 149 Å². The summed E-state index contributed by atoms with van der Waals surface area (Å²) in [6, 6.07) is 6.77. The van der Waals surface area contributed by atoms with Crippen molar-refractivity contribution in [1.82, 2.24) is 0 Å². The number of methoxy groups -OCH3 is 3. The van der Waals surface area contributed by atoms with Crippen molar-refractivity contribution >= 4 is 29.2 Å². The lowest BCUT2D eigenvalue weighted by Crippen LogP contribution is -2.13. The predicted octanol–water partition coefficient (Wildman–Crippen LogP) is 3.21. The Balaban J connectivity index is 2.04. The van der Waals surface area contributed by atoms with Crippen molar-refractivity contribution in [2.75, 3.05) is 27.9 Å². The predicted molar refractivity (Wildman–Crippen MR) is 94.7 cm³/mol. The van der Waals surface area contributed by atoms with Crippen molar-refractivity contribution in [1.29, 1.82) is 0 Å². The Morgan fingerprint density at radius 3 is 2.28 bits per heavy atom. The number of Topliss-reactive ketones (excluding diaryl/α,β-unsaturated/α-hetero) is 1. The molecule has 25 heavy (non-hydrogen) atoms. The third-order valence-electron chi connectivity index (χ3n) is 3.26. The van der Waals surface area contributed by atoms with Gasteiger partial charge in [0, 0.05) is 16.5 Å². The molecule has 7 heteroatoms. The average molecular weight is 362 g/mol. The first-order valence-electron chi connectivity index (χ1n) is 7.30. The fourth-order valence-electron chi connectivity index (χ4n) is 2.05. The number of thiophene rings is 1. The molecule has 0 fully saturated rings. The molecule has 0 aliphatic carbocycles. The molecule has 6 nitrogen and oxygen atoms in total. The maximum Gasteiger partial charge on any atom is 0.331 e. The molecule has 0 saturated carbocycles. The van der Waals surface area contributed by atoms with E-state index in [1.807, 2.05) is 17.5 Å². The maximum atomic E-state index is 12.3. The van der Waals surface area contributed by atoms with Crippen LogP contribution in [0.25, 0.3) is 6.08 Å². The number of esters is 1. The molecule has 2 aromatic rings. The van der Waals surface area contributed by atoms with Crippen LogP contribution in [0.5, 0.6) is 17.2 Å². The van der Waals surface area contributed by atoms with Crippen LogP contribution in [-0.4, -0.2) is 39.7 Å². The summed E-state index contributed by atoms with van der Waals surface area (Å²) >= 11 is 1.50. The Morgan fingerprint density at radius 1 is 1.08 bits per heavy atom. The van der Waals surface area contributed by atoms with Gasteiger partial charge in [0.2, 0.25) is 11.5 Å². The van der Waals surface area contributed by atoms with E-state index < -0.39 is 5.97 Å². The van der Waals surface area contributed by atoms with Gasteiger partial charge in [0.25, 0.3) is 0 Å². The molecule has 0 aliphatic heterocycles. The summed E-state index contributed by atoms with van der Waals surface area (Å²) in [7, 11) is 4.39. The summed E-state index contributed by atoms with van der Waals surface area (Å²) in [6.45, 7) is -0.383. The summed E-state index contributed by atoms with van der Waals surface area (Å²) < 4.78 is 20.6. The minimum Gasteiger partial charge on any atom is -0.493 e. The smallest absolute Gasteiger partial charge is 0.331 e. The van der Waals surface area contributed by atoms with Crippen LogP contribution in [0.15, 0.2) is 35.7 Å². The first-order valence-corrected chi connectivity index (χ1v) is 8.18. The van der Waals surface area contributed by atoms with Crippen LogP contribution in [0, 0.1) is 0 Å². The number of rotatable bonds is 8. The number of carbonyl (C=O) groups excluding carboxylic acids is 2.